The molecule has 5 aliphatic rings. The molecule has 1 N–H and O–H groups in total. The van der Waals surface area contributed by atoms with Gasteiger partial charge in [0.05, 0.1) is 22.6 Å². The fraction of sp³-hybridized carbons (Fsp3) is 0.333. The van der Waals surface area contributed by atoms with E-state index in [9.17, 15) is 24.3 Å². The summed E-state index contributed by atoms with van der Waals surface area (Å²) < 4.78 is 6.07. The molecule has 1 aromatic rings. The van der Waals surface area contributed by atoms with E-state index in [2.05, 4.69) is 15.9 Å². The number of amides is 2. The Bertz CT molecular complexity index is 1370. The predicted molar refractivity (Wildman–Crippen MR) is 128 cm³/mol. The zero-order valence-electron chi connectivity index (χ0n) is 18.9. The minimum atomic E-state index is -0.548. The van der Waals surface area contributed by atoms with Crippen LogP contribution in [-0.2, 0) is 25.6 Å². The van der Waals surface area contributed by atoms with E-state index < -0.39 is 17.8 Å². The Hall–Kier alpha value is -3.26. The number of ketones is 2. The normalized spacial score (nSPS) is 29.5. The number of aromatic hydroxyl groups is 1. The number of fused-ring (bicyclic) bond motifs is 4. The third-order valence-electron chi connectivity index (χ3n) is 7.89. The molecular formula is C27H22BrNO6. The highest BCUT2D eigenvalue weighted by Gasteiger charge is 2.56. The largest absolute Gasteiger partial charge is 0.508 e. The number of imide groups is 1. The quantitative estimate of drug-likeness (QED) is 0.353. The minimum absolute atomic E-state index is 0.111. The standard InChI is InChI=1S/C27H22BrNO6/c1-2-29-26(33)16-5-4-15-17(23(16)27(29)34)9-18-24(20(31)10-19(28)25(18)32)22(15)13-7-12-8-14(30)3-6-21(12)35-11-13/h3-4,6,8,10-11,16-17,22-23,30H,2,5,7,9H2,1H3/t16-,17+,22-,23-/m0/s1. The van der Waals surface area contributed by atoms with Crippen molar-refractivity contribution in [3.8, 4) is 11.5 Å². The maximum absolute atomic E-state index is 13.3. The molecule has 178 valence electrons. The van der Waals surface area contributed by atoms with Crippen LogP contribution in [-0.4, -0.2) is 39.9 Å². The van der Waals surface area contributed by atoms with Crippen molar-refractivity contribution in [3.05, 3.63) is 69.0 Å². The van der Waals surface area contributed by atoms with Gasteiger partial charge in [-0.25, -0.2) is 0 Å². The average molecular weight is 536 g/mol. The number of ether oxygens (including phenoxy) is 1. The van der Waals surface area contributed by atoms with Crippen molar-refractivity contribution < 1.29 is 29.0 Å². The fourth-order valence-corrected chi connectivity index (χ4v) is 6.84. The van der Waals surface area contributed by atoms with E-state index in [0.29, 0.717) is 36.3 Å². The van der Waals surface area contributed by atoms with Gasteiger partial charge in [0, 0.05) is 41.7 Å². The molecule has 0 radical (unpaired) electrons. The lowest BCUT2D eigenvalue weighted by Crippen LogP contribution is -2.41. The molecule has 0 aromatic heterocycles. The molecule has 8 heteroatoms. The summed E-state index contributed by atoms with van der Waals surface area (Å²) in [4.78, 5) is 54.1. The fourth-order valence-electron chi connectivity index (χ4n) is 6.39. The maximum Gasteiger partial charge on any atom is 0.233 e. The highest BCUT2D eigenvalue weighted by atomic mass is 79.9. The highest BCUT2D eigenvalue weighted by molar-refractivity contribution is 9.12. The molecule has 0 saturated carbocycles. The first-order chi connectivity index (χ1) is 16.8. The Labute approximate surface area is 209 Å². The number of halogens is 1. The summed E-state index contributed by atoms with van der Waals surface area (Å²) in [6.45, 7) is 2.10. The van der Waals surface area contributed by atoms with E-state index in [0.717, 1.165) is 16.7 Å². The zero-order valence-corrected chi connectivity index (χ0v) is 20.5. The monoisotopic (exact) mass is 535 g/mol. The first-order valence-corrected chi connectivity index (χ1v) is 12.5. The lowest BCUT2D eigenvalue weighted by molar-refractivity contribution is -0.139. The van der Waals surface area contributed by atoms with Crippen molar-refractivity contribution in [2.75, 3.05) is 6.54 Å². The second-order valence-corrected chi connectivity index (χ2v) is 10.4. The number of carbonyl (C=O) groups is 4. The number of hydrogen-bond donors (Lipinski definition) is 1. The molecule has 1 fully saturated rings. The lowest BCUT2D eigenvalue weighted by Gasteiger charge is -2.43. The van der Waals surface area contributed by atoms with Gasteiger partial charge >= 0.3 is 0 Å². The topological polar surface area (TPSA) is 101 Å². The van der Waals surface area contributed by atoms with Gasteiger partial charge in [-0.15, -0.1) is 0 Å². The molecule has 0 bridgehead atoms. The molecule has 2 aliphatic heterocycles. The highest BCUT2D eigenvalue weighted by Crippen LogP contribution is 2.54. The number of benzene rings is 1. The Morgan fingerprint density at radius 2 is 1.94 bits per heavy atom. The van der Waals surface area contributed by atoms with Crippen LogP contribution in [0.15, 0.2) is 63.4 Å². The van der Waals surface area contributed by atoms with Crippen LogP contribution in [0.3, 0.4) is 0 Å². The molecule has 2 heterocycles. The average Bonchev–Trinajstić information content (AvgIpc) is 3.10. The van der Waals surface area contributed by atoms with Crippen molar-refractivity contribution >= 4 is 39.3 Å². The first-order valence-electron chi connectivity index (χ1n) is 11.7. The van der Waals surface area contributed by atoms with Crippen LogP contribution in [0.5, 0.6) is 11.5 Å². The third kappa shape index (κ3) is 3.15. The molecule has 6 rings (SSSR count). The molecule has 2 amide bonds. The molecule has 3 aliphatic carbocycles. The van der Waals surface area contributed by atoms with Crippen LogP contribution in [0.2, 0.25) is 0 Å². The van der Waals surface area contributed by atoms with Gasteiger partial charge < -0.3 is 9.84 Å². The van der Waals surface area contributed by atoms with E-state index in [1.165, 1.54) is 11.0 Å². The van der Waals surface area contributed by atoms with Gasteiger partial charge in [0.15, 0.2) is 11.6 Å². The van der Waals surface area contributed by atoms with Gasteiger partial charge in [-0.1, -0.05) is 11.6 Å². The number of hydrogen-bond acceptors (Lipinski definition) is 6. The Kier molecular flexibility index (Phi) is 5.00. The van der Waals surface area contributed by atoms with Crippen LogP contribution in [0.4, 0.5) is 0 Å². The van der Waals surface area contributed by atoms with Crippen molar-refractivity contribution in [3.63, 3.8) is 0 Å². The zero-order chi connectivity index (χ0) is 24.6. The predicted octanol–water partition coefficient (Wildman–Crippen LogP) is 3.53. The van der Waals surface area contributed by atoms with Gasteiger partial charge in [0.1, 0.15) is 11.5 Å². The Morgan fingerprint density at radius 1 is 1.14 bits per heavy atom. The van der Waals surface area contributed by atoms with E-state index in [4.69, 9.17) is 4.74 Å². The van der Waals surface area contributed by atoms with E-state index in [1.54, 1.807) is 31.4 Å². The minimum Gasteiger partial charge on any atom is -0.508 e. The summed E-state index contributed by atoms with van der Waals surface area (Å²) in [6.07, 6.45) is 6.01. The van der Waals surface area contributed by atoms with Crippen LogP contribution in [0, 0.1) is 23.7 Å². The maximum atomic E-state index is 13.3. The molecule has 0 unspecified atom stereocenters. The SMILES string of the molecule is CCN1C(=O)[C@H]2[C@H](CC=C3[C@H](C4=COc5ccc(O)cc5C4)C4=C(C[C@H]32)C(=O)C(Br)=CC4=O)C1=O. The number of rotatable bonds is 2. The van der Waals surface area contributed by atoms with E-state index >= 15 is 0 Å². The molecule has 7 nitrogen and oxygen atoms in total. The second kappa shape index (κ2) is 7.88. The van der Waals surface area contributed by atoms with Gasteiger partial charge in [0.2, 0.25) is 11.8 Å². The Morgan fingerprint density at radius 3 is 2.71 bits per heavy atom. The number of carbonyl (C=O) groups excluding carboxylic acids is 4. The summed E-state index contributed by atoms with van der Waals surface area (Å²) in [5.74, 6) is -2.02. The smallest absolute Gasteiger partial charge is 0.233 e. The third-order valence-corrected chi connectivity index (χ3v) is 8.47. The van der Waals surface area contributed by atoms with Gasteiger partial charge in [0.25, 0.3) is 0 Å². The summed E-state index contributed by atoms with van der Waals surface area (Å²) in [5, 5.41) is 9.99. The van der Waals surface area contributed by atoms with Gasteiger partial charge in [-0.05, 0) is 65.4 Å². The molecule has 35 heavy (non-hydrogen) atoms. The van der Waals surface area contributed by atoms with Gasteiger partial charge in [-0.3, -0.25) is 24.1 Å². The van der Waals surface area contributed by atoms with E-state index in [1.807, 2.05) is 6.08 Å². The number of nitrogens with zero attached hydrogens (tertiary/aromatic N) is 1. The van der Waals surface area contributed by atoms with Gasteiger partial charge in [-0.2, -0.15) is 0 Å². The Balaban J connectivity index is 1.49. The van der Waals surface area contributed by atoms with E-state index in [-0.39, 0.29) is 46.0 Å². The van der Waals surface area contributed by atoms with Crippen LogP contribution in [0.1, 0.15) is 25.3 Å². The summed E-state index contributed by atoms with van der Waals surface area (Å²) in [6, 6.07) is 4.87. The number of phenols is 1. The van der Waals surface area contributed by atoms with Crippen molar-refractivity contribution in [2.45, 2.75) is 26.2 Å². The number of phenolic OH excluding ortho intramolecular Hbond substituents is 1. The molecular weight excluding hydrogens is 514 g/mol. The van der Waals surface area contributed by atoms with Crippen molar-refractivity contribution in [1.82, 2.24) is 4.90 Å². The summed E-state index contributed by atoms with van der Waals surface area (Å²) in [7, 11) is 0. The number of Topliss-reactive ketones (excluding diaryl/α,β-unsaturated/α-hetero) is 1. The van der Waals surface area contributed by atoms with Crippen molar-refractivity contribution in [1.29, 1.82) is 0 Å². The molecule has 1 aromatic carbocycles. The molecule has 4 atom stereocenters. The number of likely N-dealkylation sites (tertiary alicyclic amines) is 1. The van der Waals surface area contributed by atoms with Crippen LogP contribution < -0.4 is 4.74 Å². The van der Waals surface area contributed by atoms with Crippen molar-refractivity contribution in [2.24, 2.45) is 23.7 Å². The summed E-state index contributed by atoms with van der Waals surface area (Å²) >= 11 is 3.23. The lowest BCUT2D eigenvalue weighted by atomic mass is 9.59. The number of allylic oxidation sites excluding steroid dienone is 7. The molecule has 0 spiro atoms. The van der Waals surface area contributed by atoms with Crippen LogP contribution in [0.25, 0.3) is 0 Å². The van der Waals surface area contributed by atoms with Crippen LogP contribution >= 0.6 is 15.9 Å². The molecule has 1 saturated heterocycles. The summed E-state index contributed by atoms with van der Waals surface area (Å²) in [5.41, 5.74) is 3.27. The second-order valence-electron chi connectivity index (χ2n) is 9.59. The first kappa shape index (κ1) is 22.2.